The topological polar surface area (TPSA) is 70.9 Å². The molecular formula is C11H10ClN3OS2. The summed E-state index contributed by atoms with van der Waals surface area (Å²) in [7, 11) is 0. The Kier molecular flexibility index (Phi) is 4.00. The molecule has 1 aromatic carbocycles. The van der Waals surface area contributed by atoms with E-state index in [-0.39, 0.29) is 4.87 Å². The van der Waals surface area contributed by atoms with E-state index in [1.165, 1.54) is 0 Å². The summed E-state index contributed by atoms with van der Waals surface area (Å²) in [5.74, 6) is 0. The Morgan fingerprint density at radius 2 is 2.33 bits per heavy atom. The molecule has 0 amide bonds. The second-order valence-electron chi connectivity index (χ2n) is 3.59. The molecule has 0 fully saturated rings. The zero-order valence-corrected chi connectivity index (χ0v) is 11.6. The molecule has 1 heterocycles. The number of thiazole rings is 1. The van der Waals surface area contributed by atoms with E-state index in [0.717, 1.165) is 28.3 Å². The van der Waals surface area contributed by atoms with Crippen LogP contribution in [0, 0.1) is 0 Å². The predicted octanol–water partition coefficient (Wildman–Crippen LogP) is 2.34. The molecule has 0 atom stereocenters. The highest BCUT2D eigenvalue weighted by Gasteiger charge is 2.04. The van der Waals surface area contributed by atoms with Gasteiger partial charge in [0.1, 0.15) is 4.99 Å². The van der Waals surface area contributed by atoms with Crippen molar-refractivity contribution in [2.24, 2.45) is 5.73 Å². The number of H-pyrrole nitrogens is 1. The first kappa shape index (κ1) is 13.1. The Balaban J connectivity index is 2.10. The summed E-state index contributed by atoms with van der Waals surface area (Å²) in [5, 5.41) is 5.44. The summed E-state index contributed by atoms with van der Waals surface area (Å²) in [4.78, 5) is 13.9. The number of hydrogen-bond donors (Lipinski definition) is 3. The highest BCUT2D eigenvalue weighted by Crippen LogP contribution is 2.23. The molecule has 4 N–H and O–H groups in total. The van der Waals surface area contributed by atoms with Crippen LogP contribution in [0.3, 0.4) is 0 Å². The van der Waals surface area contributed by atoms with E-state index in [1.807, 2.05) is 0 Å². The summed E-state index contributed by atoms with van der Waals surface area (Å²) < 4.78 is 0. The van der Waals surface area contributed by atoms with Crippen LogP contribution in [0.2, 0.25) is 5.02 Å². The molecule has 0 saturated carbocycles. The summed E-state index contributed by atoms with van der Waals surface area (Å²) in [6, 6.07) is 5.32. The number of benzene rings is 1. The van der Waals surface area contributed by atoms with Crippen molar-refractivity contribution < 1.29 is 0 Å². The lowest BCUT2D eigenvalue weighted by atomic mass is 10.2. The lowest BCUT2D eigenvalue weighted by Gasteiger charge is -2.08. The molecule has 94 valence electrons. The van der Waals surface area contributed by atoms with Gasteiger partial charge >= 0.3 is 4.87 Å². The third-order valence-corrected chi connectivity index (χ3v) is 3.56. The lowest BCUT2D eigenvalue weighted by Crippen LogP contribution is -2.09. The van der Waals surface area contributed by atoms with Crippen LogP contribution in [0.4, 0.5) is 5.69 Å². The van der Waals surface area contributed by atoms with Gasteiger partial charge in [0.25, 0.3) is 0 Å². The molecule has 1 aromatic heterocycles. The number of rotatable bonds is 4. The fraction of sp³-hybridized carbons (Fsp3) is 0.0909. The summed E-state index contributed by atoms with van der Waals surface area (Å²) in [5.41, 5.74) is 7.83. The van der Waals surface area contributed by atoms with Gasteiger partial charge in [-0.3, -0.25) is 4.79 Å². The molecule has 7 heteroatoms. The van der Waals surface area contributed by atoms with E-state index in [0.29, 0.717) is 16.6 Å². The van der Waals surface area contributed by atoms with E-state index < -0.39 is 0 Å². The van der Waals surface area contributed by atoms with Crippen LogP contribution in [0.1, 0.15) is 11.3 Å². The van der Waals surface area contributed by atoms with Gasteiger partial charge in [0, 0.05) is 16.6 Å². The first-order valence-corrected chi connectivity index (χ1v) is 6.73. The molecule has 4 nitrogen and oxygen atoms in total. The van der Waals surface area contributed by atoms with Crippen molar-refractivity contribution in [2.45, 2.75) is 6.54 Å². The monoisotopic (exact) mass is 299 g/mol. The number of halogens is 1. The fourth-order valence-electron chi connectivity index (χ4n) is 1.40. The number of hydrogen-bond acceptors (Lipinski definition) is 4. The summed E-state index contributed by atoms with van der Waals surface area (Å²) in [6.07, 6.45) is 0. The van der Waals surface area contributed by atoms with E-state index in [2.05, 4.69) is 10.3 Å². The third-order valence-electron chi connectivity index (χ3n) is 2.29. The number of aromatic nitrogens is 1. The number of thiocarbonyl (C=S) groups is 1. The maximum Gasteiger partial charge on any atom is 0.304 e. The first-order chi connectivity index (χ1) is 8.56. The minimum Gasteiger partial charge on any atom is -0.389 e. The zero-order valence-electron chi connectivity index (χ0n) is 9.20. The zero-order chi connectivity index (χ0) is 13.1. The molecule has 2 rings (SSSR count). The van der Waals surface area contributed by atoms with Crippen LogP contribution < -0.4 is 15.9 Å². The van der Waals surface area contributed by atoms with Crippen molar-refractivity contribution in [3.8, 4) is 0 Å². The van der Waals surface area contributed by atoms with Gasteiger partial charge in [0.2, 0.25) is 0 Å². The molecule has 0 aliphatic rings. The number of aromatic amines is 1. The maximum atomic E-state index is 11.0. The van der Waals surface area contributed by atoms with Crippen LogP contribution in [0.5, 0.6) is 0 Å². The number of anilines is 1. The molecule has 2 aromatic rings. The second-order valence-corrected chi connectivity index (χ2v) is 5.28. The van der Waals surface area contributed by atoms with Gasteiger partial charge < -0.3 is 16.0 Å². The van der Waals surface area contributed by atoms with Crippen LogP contribution in [0.25, 0.3) is 0 Å². The molecule has 0 radical (unpaired) electrons. The van der Waals surface area contributed by atoms with Crippen LogP contribution in [0.15, 0.2) is 28.4 Å². The number of nitrogens with one attached hydrogen (secondary N) is 2. The molecule has 0 bridgehead atoms. The highest BCUT2D eigenvalue weighted by molar-refractivity contribution is 7.80. The van der Waals surface area contributed by atoms with Crippen molar-refractivity contribution in [2.75, 3.05) is 5.32 Å². The van der Waals surface area contributed by atoms with E-state index in [1.54, 1.807) is 23.6 Å². The molecule has 0 aliphatic heterocycles. The first-order valence-electron chi connectivity index (χ1n) is 5.06. The molecule has 0 unspecified atom stereocenters. The van der Waals surface area contributed by atoms with Gasteiger partial charge in [-0.2, -0.15) is 0 Å². The largest absolute Gasteiger partial charge is 0.389 e. The Hall–Kier alpha value is -1.37. The number of nitrogens with two attached hydrogens (primary N) is 1. The van der Waals surface area contributed by atoms with E-state index in [4.69, 9.17) is 29.6 Å². The quantitative estimate of drug-likeness (QED) is 0.758. The van der Waals surface area contributed by atoms with Crippen molar-refractivity contribution in [1.82, 2.24) is 4.98 Å². The molecule has 0 saturated heterocycles. The second kappa shape index (κ2) is 5.51. The molecule has 0 aliphatic carbocycles. The van der Waals surface area contributed by atoms with Gasteiger partial charge in [0.05, 0.1) is 17.3 Å². The molecule has 18 heavy (non-hydrogen) atoms. The smallest absolute Gasteiger partial charge is 0.304 e. The minimum atomic E-state index is -0.0678. The van der Waals surface area contributed by atoms with Gasteiger partial charge in [-0.05, 0) is 18.2 Å². The Bertz CT molecular complexity index is 635. The van der Waals surface area contributed by atoms with Crippen LogP contribution >= 0.6 is 35.2 Å². The van der Waals surface area contributed by atoms with Gasteiger partial charge in [-0.25, -0.2) is 0 Å². The lowest BCUT2D eigenvalue weighted by molar-refractivity contribution is 1.06. The summed E-state index contributed by atoms with van der Waals surface area (Å²) >= 11 is 12.1. The van der Waals surface area contributed by atoms with Gasteiger partial charge in [-0.1, -0.05) is 35.2 Å². The Morgan fingerprint density at radius 3 is 2.89 bits per heavy atom. The standard InChI is InChI=1S/C11H10ClN3OS2/c12-8-3-6(10(13)17)1-2-9(8)14-4-7-5-18-11(16)15-7/h1-3,5,14H,4H2,(H2,13,17)(H,15,16). The SMILES string of the molecule is NC(=S)c1ccc(NCc2csc(=O)[nH]2)c(Cl)c1. The van der Waals surface area contributed by atoms with E-state index >= 15 is 0 Å². The van der Waals surface area contributed by atoms with Crippen molar-refractivity contribution in [1.29, 1.82) is 0 Å². The normalized spacial score (nSPS) is 10.3. The fourth-order valence-corrected chi connectivity index (χ4v) is 2.36. The van der Waals surface area contributed by atoms with Crippen LogP contribution in [-0.4, -0.2) is 9.97 Å². The van der Waals surface area contributed by atoms with Crippen molar-refractivity contribution in [3.05, 3.63) is 49.5 Å². The van der Waals surface area contributed by atoms with E-state index in [9.17, 15) is 4.79 Å². The Morgan fingerprint density at radius 1 is 1.56 bits per heavy atom. The summed E-state index contributed by atoms with van der Waals surface area (Å²) in [6.45, 7) is 0.505. The predicted molar refractivity (Wildman–Crippen MR) is 79.6 cm³/mol. The highest BCUT2D eigenvalue weighted by atomic mass is 35.5. The average molecular weight is 300 g/mol. The Labute approximate surface area is 118 Å². The molecular weight excluding hydrogens is 290 g/mol. The maximum absolute atomic E-state index is 11.0. The minimum absolute atomic E-state index is 0.0678. The van der Waals surface area contributed by atoms with Gasteiger partial charge in [-0.15, -0.1) is 0 Å². The van der Waals surface area contributed by atoms with Crippen molar-refractivity contribution >= 4 is 45.8 Å². The third kappa shape index (κ3) is 3.10. The van der Waals surface area contributed by atoms with Crippen molar-refractivity contribution in [3.63, 3.8) is 0 Å². The van der Waals surface area contributed by atoms with Gasteiger partial charge in [0.15, 0.2) is 0 Å². The average Bonchev–Trinajstić information content (AvgIpc) is 2.73. The molecule has 0 spiro atoms. The van der Waals surface area contributed by atoms with Crippen LogP contribution in [-0.2, 0) is 6.54 Å².